The number of carbonyl (C=O) groups is 1. The Morgan fingerprint density at radius 2 is 2.12 bits per heavy atom. The second kappa shape index (κ2) is 4.17. The summed E-state index contributed by atoms with van der Waals surface area (Å²) in [5, 5.41) is 0. The van der Waals surface area contributed by atoms with Crippen LogP contribution in [0.15, 0.2) is 24.3 Å². The molecule has 0 radical (unpaired) electrons. The van der Waals surface area contributed by atoms with Gasteiger partial charge in [0.05, 0.1) is 5.92 Å². The van der Waals surface area contributed by atoms with Crippen LogP contribution in [0, 0.1) is 0 Å². The van der Waals surface area contributed by atoms with E-state index in [-0.39, 0.29) is 5.92 Å². The van der Waals surface area contributed by atoms with Crippen molar-refractivity contribution in [3.05, 3.63) is 35.4 Å². The van der Waals surface area contributed by atoms with Gasteiger partial charge in [0.25, 0.3) is 0 Å². The molecule has 0 spiro atoms. The quantitative estimate of drug-likeness (QED) is 0.725. The fourth-order valence-corrected chi connectivity index (χ4v) is 3.10. The average Bonchev–Trinajstić information content (AvgIpc) is 2.31. The number of nitrogens with zero attached hydrogens (tertiary/aromatic N) is 1. The van der Waals surface area contributed by atoms with Gasteiger partial charge < -0.3 is 4.90 Å². The van der Waals surface area contributed by atoms with Crippen LogP contribution in [0.3, 0.4) is 0 Å². The van der Waals surface area contributed by atoms with Crippen molar-refractivity contribution in [2.45, 2.75) is 44.6 Å². The van der Waals surface area contributed by atoms with Crippen molar-refractivity contribution in [2.75, 3.05) is 6.54 Å². The minimum atomic E-state index is 0.145. The molecule has 17 heavy (non-hydrogen) atoms. The molecule has 0 unspecified atom stereocenters. The monoisotopic (exact) mass is 229 g/mol. The van der Waals surface area contributed by atoms with E-state index in [2.05, 4.69) is 30.0 Å². The number of fused-ring (bicyclic) bond motifs is 1. The molecule has 1 aromatic carbocycles. The Kier molecular flexibility index (Phi) is 2.65. The van der Waals surface area contributed by atoms with Gasteiger partial charge in [0.1, 0.15) is 0 Å². The van der Waals surface area contributed by atoms with Crippen molar-refractivity contribution in [2.24, 2.45) is 0 Å². The molecule has 1 heterocycles. The number of amides is 1. The van der Waals surface area contributed by atoms with Crippen LogP contribution in [0.1, 0.15) is 43.2 Å². The van der Waals surface area contributed by atoms with E-state index in [1.54, 1.807) is 0 Å². The summed E-state index contributed by atoms with van der Waals surface area (Å²) >= 11 is 0. The van der Waals surface area contributed by atoms with Crippen LogP contribution in [0.5, 0.6) is 0 Å². The van der Waals surface area contributed by atoms with Crippen LogP contribution in [-0.4, -0.2) is 23.4 Å². The van der Waals surface area contributed by atoms with E-state index < -0.39 is 0 Å². The molecule has 0 saturated carbocycles. The van der Waals surface area contributed by atoms with Crippen molar-refractivity contribution in [1.82, 2.24) is 4.90 Å². The van der Waals surface area contributed by atoms with Gasteiger partial charge in [-0.3, -0.25) is 4.79 Å². The summed E-state index contributed by atoms with van der Waals surface area (Å²) in [7, 11) is 0. The topological polar surface area (TPSA) is 20.3 Å². The highest BCUT2D eigenvalue weighted by atomic mass is 16.2. The summed E-state index contributed by atoms with van der Waals surface area (Å²) in [5.74, 6) is 0.502. The second-order valence-corrected chi connectivity index (χ2v) is 5.33. The normalized spacial score (nSPS) is 27.2. The first kappa shape index (κ1) is 10.8. The molecule has 0 N–H and O–H groups in total. The number of hydrogen-bond acceptors (Lipinski definition) is 1. The molecule has 2 atom stereocenters. The molecule has 3 rings (SSSR count). The molecule has 2 aliphatic rings. The lowest BCUT2D eigenvalue weighted by Crippen LogP contribution is -2.46. The summed E-state index contributed by atoms with van der Waals surface area (Å²) in [6.07, 6.45) is 4.55. The summed E-state index contributed by atoms with van der Waals surface area (Å²) in [6.45, 7) is 3.14. The third-order valence-electron chi connectivity index (χ3n) is 4.24. The van der Waals surface area contributed by atoms with E-state index in [4.69, 9.17) is 0 Å². The van der Waals surface area contributed by atoms with Gasteiger partial charge in [-0.1, -0.05) is 24.3 Å². The maximum absolute atomic E-state index is 12.5. The molecular formula is C15H19NO. The third-order valence-corrected chi connectivity index (χ3v) is 4.24. The molecule has 2 nitrogen and oxygen atoms in total. The predicted octanol–water partition coefficient (Wildman–Crippen LogP) is 2.73. The smallest absolute Gasteiger partial charge is 0.230 e. The first-order chi connectivity index (χ1) is 8.27. The van der Waals surface area contributed by atoms with Crippen LogP contribution in [-0.2, 0) is 11.2 Å². The number of rotatable bonds is 1. The number of piperidine rings is 1. The van der Waals surface area contributed by atoms with Crippen LogP contribution >= 0.6 is 0 Å². The summed E-state index contributed by atoms with van der Waals surface area (Å²) in [4.78, 5) is 14.6. The van der Waals surface area contributed by atoms with E-state index in [0.29, 0.717) is 11.9 Å². The maximum Gasteiger partial charge on any atom is 0.230 e. The zero-order valence-electron chi connectivity index (χ0n) is 10.4. The van der Waals surface area contributed by atoms with Gasteiger partial charge in [0, 0.05) is 12.6 Å². The van der Waals surface area contributed by atoms with Crippen molar-refractivity contribution < 1.29 is 4.79 Å². The van der Waals surface area contributed by atoms with Crippen molar-refractivity contribution in [3.8, 4) is 0 Å². The Labute approximate surface area is 103 Å². The lowest BCUT2D eigenvalue weighted by atomic mass is 9.76. The minimum absolute atomic E-state index is 0.145. The first-order valence-electron chi connectivity index (χ1n) is 6.65. The summed E-state index contributed by atoms with van der Waals surface area (Å²) in [5.41, 5.74) is 2.62. The van der Waals surface area contributed by atoms with E-state index in [0.717, 1.165) is 13.0 Å². The second-order valence-electron chi connectivity index (χ2n) is 5.33. The predicted molar refractivity (Wildman–Crippen MR) is 67.9 cm³/mol. The standard InChI is InChI=1S/C15H19NO/c1-11-6-4-5-9-16(11)15(17)14-10-12-7-2-3-8-13(12)14/h2-3,7-8,11,14H,4-6,9-10H2,1H3/t11-,14+/m0/s1. The lowest BCUT2D eigenvalue weighted by Gasteiger charge is -2.39. The van der Waals surface area contributed by atoms with Gasteiger partial charge in [-0.15, -0.1) is 0 Å². The molecule has 1 aliphatic carbocycles. The Morgan fingerprint density at radius 3 is 2.88 bits per heavy atom. The van der Waals surface area contributed by atoms with E-state index in [9.17, 15) is 4.79 Å². The molecule has 1 amide bonds. The Bertz CT molecular complexity index is 440. The largest absolute Gasteiger partial charge is 0.339 e. The van der Waals surface area contributed by atoms with Gasteiger partial charge in [-0.2, -0.15) is 0 Å². The number of carbonyl (C=O) groups excluding carboxylic acids is 1. The lowest BCUT2D eigenvalue weighted by molar-refractivity contribution is -0.136. The van der Waals surface area contributed by atoms with E-state index >= 15 is 0 Å². The van der Waals surface area contributed by atoms with Crippen LogP contribution < -0.4 is 0 Å². The van der Waals surface area contributed by atoms with E-state index in [1.165, 1.54) is 30.4 Å². The molecule has 1 aliphatic heterocycles. The highest BCUT2D eigenvalue weighted by molar-refractivity contribution is 5.87. The molecule has 2 heteroatoms. The Hall–Kier alpha value is -1.31. The number of hydrogen-bond donors (Lipinski definition) is 0. The van der Waals surface area contributed by atoms with E-state index in [1.807, 2.05) is 6.07 Å². The Balaban J connectivity index is 1.76. The zero-order chi connectivity index (χ0) is 11.8. The van der Waals surface area contributed by atoms with Crippen molar-refractivity contribution in [1.29, 1.82) is 0 Å². The van der Waals surface area contributed by atoms with Crippen LogP contribution in [0.25, 0.3) is 0 Å². The zero-order valence-corrected chi connectivity index (χ0v) is 10.4. The molecule has 0 aromatic heterocycles. The van der Waals surface area contributed by atoms with Gasteiger partial charge in [0.2, 0.25) is 5.91 Å². The molecule has 90 valence electrons. The van der Waals surface area contributed by atoms with Crippen molar-refractivity contribution in [3.63, 3.8) is 0 Å². The highest BCUT2D eigenvalue weighted by Gasteiger charge is 2.36. The Morgan fingerprint density at radius 1 is 1.29 bits per heavy atom. The molecule has 0 bridgehead atoms. The fraction of sp³-hybridized carbons (Fsp3) is 0.533. The van der Waals surface area contributed by atoms with Gasteiger partial charge in [-0.25, -0.2) is 0 Å². The first-order valence-corrected chi connectivity index (χ1v) is 6.65. The number of benzene rings is 1. The SMILES string of the molecule is C[C@H]1CCCCN1C(=O)[C@@H]1Cc2ccccc21. The maximum atomic E-state index is 12.5. The van der Waals surface area contributed by atoms with Gasteiger partial charge in [0.15, 0.2) is 0 Å². The van der Waals surface area contributed by atoms with Gasteiger partial charge >= 0.3 is 0 Å². The summed E-state index contributed by atoms with van der Waals surface area (Å²) in [6, 6.07) is 8.78. The summed E-state index contributed by atoms with van der Waals surface area (Å²) < 4.78 is 0. The minimum Gasteiger partial charge on any atom is -0.339 e. The molecule has 1 aromatic rings. The average molecular weight is 229 g/mol. The molecular weight excluding hydrogens is 210 g/mol. The van der Waals surface area contributed by atoms with Crippen LogP contribution in [0.2, 0.25) is 0 Å². The third kappa shape index (κ3) is 1.76. The molecule has 1 saturated heterocycles. The molecule has 1 fully saturated rings. The fourth-order valence-electron chi connectivity index (χ4n) is 3.10. The van der Waals surface area contributed by atoms with Gasteiger partial charge in [-0.05, 0) is 43.7 Å². The number of likely N-dealkylation sites (tertiary alicyclic amines) is 1. The van der Waals surface area contributed by atoms with Crippen LogP contribution in [0.4, 0.5) is 0 Å². The van der Waals surface area contributed by atoms with Crippen molar-refractivity contribution >= 4 is 5.91 Å². The highest BCUT2D eigenvalue weighted by Crippen LogP contribution is 2.37.